The van der Waals surface area contributed by atoms with Gasteiger partial charge >= 0.3 is 0 Å². The molecule has 0 saturated heterocycles. The summed E-state index contributed by atoms with van der Waals surface area (Å²) in [5, 5.41) is 2.58. The molecule has 0 bridgehead atoms. The van der Waals surface area contributed by atoms with E-state index in [1.165, 1.54) is 26.3 Å². The number of fused-ring (bicyclic) bond motifs is 1. The fraction of sp³-hybridized carbons (Fsp3) is 0.250. The number of carbonyl (C=O) groups excluding carboxylic acids is 3. The van der Waals surface area contributed by atoms with Gasteiger partial charge in [-0.3, -0.25) is 19.3 Å². The molecule has 0 saturated carbocycles. The highest BCUT2D eigenvalue weighted by molar-refractivity contribution is 6.21. The van der Waals surface area contributed by atoms with E-state index in [0.717, 1.165) is 4.90 Å². The van der Waals surface area contributed by atoms with Crippen LogP contribution in [0.1, 0.15) is 20.7 Å². The molecule has 0 radical (unpaired) electrons. The van der Waals surface area contributed by atoms with E-state index in [4.69, 9.17) is 0 Å². The number of benzene rings is 1. The van der Waals surface area contributed by atoms with E-state index >= 15 is 0 Å². The smallest absolute Gasteiger partial charge is 0.261 e. The van der Waals surface area contributed by atoms with Gasteiger partial charge in [-0.15, -0.1) is 0 Å². The van der Waals surface area contributed by atoms with Gasteiger partial charge in [0.15, 0.2) is 0 Å². The first-order chi connectivity index (χ1) is 8.54. The van der Waals surface area contributed by atoms with E-state index in [9.17, 15) is 14.4 Å². The molecular formula is C12H12N2O4. The molecule has 3 amide bonds. The number of nitrogens with one attached hydrogen (secondary N) is 1. The van der Waals surface area contributed by atoms with Crippen molar-refractivity contribution in [2.75, 3.05) is 26.1 Å². The molecule has 0 aromatic heterocycles. The standard InChI is InChI=1S/C12H12N2O4/c1-14-11(16)8-4-3-7(5-9(8)12(14)17)13-10(15)6-18-2/h3-5H,6H2,1-2H3,(H,13,15). The molecule has 1 aliphatic heterocycles. The number of ether oxygens (including phenoxy) is 1. The van der Waals surface area contributed by atoms with Crippen molar-refractivity contribution in [2.45, 2.75) is 0 Å². The van der Waals surface area contributed by atoms with E-state index < -0.39 is 0 Å². The number of amides is 3. The van der Waals surface area contributed by atoms with Crippen LogP contribution in [0.25, 0.3) is 0 Å². The lowest BCUT2D eigenvalue weighted by Crippen LogP contribution is -2.24. The summed E-state index contributed by atoms with van der Waals surface area (Å²) in [5.41, 5.74) is 1.12. The SMILES string of the molecule is COCC(=O)Nc1ccc2c(c1)C(=O)N(C)C2=O. The molecule has 1 aliphatic rings. The van der Waals surface area contributed by atoms with Gasteiger partial charge in [0.1, 0.15) is 6.61 Å². The summed E-state index contributed by atoms with van der Waals surface area (Å²) < 4.78 is 4.68. The van der Waals surface area contributed by atoms with Crippen molar-refractivity contribution in [1.29, 1.82) is 0 Å². The van der Waals surface area contributed by atoms with Gasteiger partial charge in [-0.1, -0.05) is 0 Å². The number of rotatable bonds is 3. The van der Waals surface area contributed by atoms with Gasteiger partial charge in [0.2, 0.25) is 5.91 Å². The van der Waals surface area contributed by atoms with Crippen LogP contribution in [-0.2, 0) is 9.53 Å². The third kappa shape index (κ3) is 1.98. The minimum absolute atomic E-state index is 0.0656. The van der Waals surface area contributed by atoms with Crippen LogP contribution in [0, 0.1) is 0 Å². The van der Waals surface area contributed by atoms with Crippen LogP contribution in [-0.4, -0.2) is 43.4 Å². The molecule has 0 atom stereocenters. The normalized spacial score (nSPS) is 13.8. The summed E-state index contributed by atoms with van der Waals surface area (Å²) >= 11 is 0. The summed E-state index contributed by atoms with van der Waals surface area (Å²) in [4.78, 5) is 35.8. The zero-order valence-electron chi connectivity index (χ0n) is 10.0. The van der Waals surface area contributed by atoms with Crippen LogP contribution in [0.15, 0.2) is 18.2 Å². The van der Waals surface area contributed by atoms with Gasteiger partial charge in [-0.05, 0) is 18.2 Å². The minimum atomic E-state index is -0.363. The van der Waals surface area contributed by atoms with E-state index in [1.807, 2.05) is 0 Å². The third-order valence-electron chi connectivity index (χ3n) is 2.65. The van der Waals surface area contributed by atoms with Crippen molar-refractivity contribution in [3.05, 3.63) is 29.3 Å². The molecule has 6 nitrogen and oxygen atoms in total. The Bertz CT molecular complexity index is 539. The van der Waals surface area contributed by atoms with Gasteiger partial charge in [0.25, 0.3) is 11.8 Å². The van der Waals surface area contributed by atoms with Crippen LogP contribution in [0.4, 0.5) is 5.69 Å². The van der Waals surface area contributed by atoms with Gasteiger partial charge in [0, 0.05) is 19.8 Å². The Labute approximate surface area is 104 Å². The molecule has 94 valence electrons. The maximum absolute atomic E-state index is 11.7. The molecule has 0 unspecified atom stereocenters. The molecule has 0 fully saturated rings. The molecular weight excluding hydrogens is 236 g/mol. The van der Waals surface area contributed by atoms with Crippen molar-refractivity contribution < 1.29 is 19.1 Å². The minimum Gasteiger partial charge on any atom is -0.375 e. The lowest BCUT2D eigenvalue weighted by Gasteiger charge is -2.05. The number of anilines is 1. The van der Waals surface area contributed by atoms with Crippen molar-refractivity contribution in [3.63, 3.8) is 0 Å². The second-order valence-electron chi connectivity index (χ2n) is 3.91. The predicted octanol–water partition coefficient (Wildman–Crippen LogP) is 0.497. The number of methoxy groups -OCH3 is 1. The summed E-state index contributed by atoms with van der Waals surface area (Å²) in [7, 11) is 2.84. The molecule has 1 aromatic carbocycles. The summed E-state index contributed by atoms with van der Waals surface area (Å²) in [5.74, 6) is -1.01. The molecule has 1 heterocycles. The van der Waals surface area contributed by atoms with Gasteiger partial charge in [0.05, 0.1) is 11.1 Å². The Hall–Kier alpha value is -2.21. The molecule has 6 heteroatoms. The van der Waals surface area contributed by atoms with Crippen molar-refractivity contribution in [2.24, 2.45) is 0 Å². The highest BCUT2D eigenvalue weighted by Crippen LogP contribution is 2.24. The van der Waals surface area contributed by atoms with Crippen LogP contribution >= 0.6 is 0 Å². The van der Waals surface area contributed by atoms with Gasteiger partial charge in [-0.25, -0.2) is 0 Å². The van der Waals surface area contributed by atoms with Crippen LogP contribution < -0.4 is 5.32 Å². The monoisotopic (exact) mass is 248 g/mol. The molecule has 0 aliphatic carbocycles. The van der Waals surface area contributed by atoms with Gasteiger partial charge in [-0.2, -0.15) is 0 Å². The quantitative estimate of drug-likeness (QED) is 0.790. The van der Waals surface area contributed by atoms with Crippen molar-refractivity contribution in [1.82, 2.24) is 4.90 Å². The number of imide groups is 1. The second kappa shape index (κ2) is 4.58. The Balaban J connectivity index is 2.27. The maximum Gasteiger partial charge on any atom is 0.261 e. The fourth-order valence-corrected chi connectivity index (χ4v) is 1.77. The summed E-state index contributed by atoms with van der Waals surface area (Å²) in [6, 6.07) is 4.60. The lowest BCUT2D eigenvalue weighted by atomic mass is 10.1. The summed E-state index contributed by atoms with van der Waals surface area (Å²) in [6.45, 7) is -0.0656. The summed E-state index contributed by atoms with van der Waals surface area (Å²) in [6.07, 6.45) is 0. The average Bonchev–Trinajstić information content (AvgIpc) is 2.55. The topological polar surface area (TPSA) is 75.7 Å². The number of hydrogen-bond donors (Lipinski definition) is 1. The highest BCUT2D eigenvalue weighted by Gasteiger charge is 2.32. The second-order valence-corrected chi connectivity index (χ2v) is 3.91. The third-order valence-corrected chi connectivity index (χ3v) is 2.65. The maximum atomic E-state index is 11.7. The number of hydrogen-bond acceptors (Lipinski definition) is 4. The Kier molecular flexibility index (Phi) is 3.12. The van der Waals surface area contributed by atoms with Crippen molar-refractivity contribution >= 4 is 23.4 Å². The van der Waals surface area contributed by atoms with E-state index in [2.05, 4.69) is 10.1 Å². The Morgan fingerprint density at radius 1 is 1.28 bits per heavy atom. The molecule has 18 heavy (non-hydrogen) atoms. The first kappa shape index (κ1) is 12.3. The zero-order valence-corrected chi connectivity index (χ0v) is 10.0. The zero-order chi connectivity index (χ0) is 13.3. The molecule has 0 spiro atoms. The van der Waals surface area contributed by atoms with Crippen LogP contribution in [0.2, 0.25) is 0 Å². The van der Waals surface area contributed by atoms with Crippen LogP contribution in [0.3, 0.4) is 0 Å². The van der Waals surface area contributed by atoms with E-state index in [1.54, 1.807) is 6.07 Å². The Morgan fingerprint density at radius 2 is 1.94 bits per heavy atom. The number of carbonyl (C=O) groups is 3. The molecule has 1 N–H and O–H groups in total. The first-order valence-electron chi connectivity index (χ1n) is 5.30. The highest BCUT2D eigenvalue weighted by atomic mass is 16.5. The van der Waals surface area contributed by atoms with E-state index in [0.29, 0.717) is 16.8 Å². The lowest BCUT2D eigenvalue weighted by molar-refractivity contribution is -0.119. The van der Waals surface area contributed by atoms with Crippen LogP contribution in [0.5, 0.6) is 0 Å². The molecule has 1 aromatic rings. The Morgan fingerprint density at radius 3 is 2.61 bits per heavy atom. The van der Waals surface area contributed by atoms with Crippen molar-refractivity contribution in [3.8, 4) is 0 Å². The first-order valence-corrected chi connectivity index (χ1v) is 5.30. The van der Waals surface area contributed by atoms with Gasteiger partial charge < -0.3 is 10.1 Å². The predicted molar refractivity (Wildman–Crippen MR) is 63.4 cm³/mol. The number of nitrogens with zero attached hydrogens (tertiary/aromatic N) is 1. The average molecular weight is 248 g/mol. The van der Waals surface area contributed by atoms with E-state index in [-0.39, 0.29) is 24.3 Å². The molecule has 2 rings (SSSR count). The largest absolute Gasteiger partial charge is 0.375 e. The fourth-order valence-electron chi connectivity index (χ4n) is 1.77.